The van der Waals surface area contributed by atoms with Crippen LogP contribution in [0.15, 0.2) is 24.7 Å². The largest absolute Gasteiger partial charge is 0.353 e. The van der Waals surface area contributed by atoms with Gasteiger partial charge in [0.2, 0.25) is 0 Å². The number of anilines is 1. The molecule has 0 amide bonds. The molecule has 3 nitrogen and oxygen atoms in total. The molecule has 2 aromatic rings. The maximum Gasteiger partial charge on any atom is 0.138 e. The van der Waals surface area contributed by atoms with Gasteiger partial charge in [-0.15, -0.1) is 0 Å². The molecule has 0 aromatic carbocycles. The third-order valence-corrected chi connectivity index (χ3v) is 3.91. The number of fused-ring (bicyclic) bond motifs is 1. The Bertz CT molecular complexity index is 577. The Morgan fingerprint density at radius 1 is 1.28 bits per heavy atom. The van der Waals surface area contributed by atoms with E-state index in [0.29, 0.717) is 12.0 Å². The Hall–Kier alpha value is -1.64. The van der Waals surface area contributed by atoms with Crippen LogP contribution in [-0.2, 0) is 0 Å². The molecule has 2 aromatic heterocycles. The van der Waals surface area contributed by atoms with Gasteiger partial charge in [0.05, 0.1) is 0 Å². The van der Waals surface area contributed by atoms with E-state index < -0.39 is 0 Å². The van der Waals surface area contributed by atoms with E-state index in [2.05, 4.69) is 41.7 Å². The van der Waals surface area contributed by atoms with Crippen LogP contribution in [-0.4, -0.2) is 22.6 Å². The lowest BCUT2D eigenvalue weighted by atomic mass is 9.98. The van der Waals surface area contributed by atoms with E-state index in [9.17, 15) is 0 Å². The molecule has 0 radical (unpaired) electrons. The van der Waals surface area contributed by atoms with Crippen molar-refractivity contribution in [1.29, 1.82) is 0 Å². The van der Waals surface area contributed by atoms with E-state index in [1.165, 1.54) is 22.8 Å². The van der Waals surface area contributed by atoms with Crippen molar-refractivity contribution in [3.05, 3.63) is 30.2 Å². The average molecular weight is 241 g/mol. The number of hydrogen-bond acceptors (Lipinski definition) is 3. The first-order chi connectivity index (χ1) is 8.68. The molecule has 1 aliphatic rings. The molecule has 0 aliphatic carbocycles. The van der Waals surface area contributed by atoms with Gasteiger partial charge in [-0.3, -0.25) is 4.98 Å². The minimum absolute atomic E-state index is 0.491. The summed E-state index contributed by atoms with van der Waals surface area (Å²) < 4.78 is 0. The van der Waals surface area contributed by atoms with E-state index in [4.69, 9.17) is 0 Å². The summed E-state index contributed by atoms with van der Waals surface area (Å²) in [7, 11) is 0. The van der Waals surface area contributed by atoms with Gasteiger partial charge in [-0.05, 0) is 36.3 Å². The third-order valence-electron chi connectivity index (χ3n) is 3.91. The minimum Gasteiger partial charge on any atom is -0.353 e. The highest BCUT2D eigenvalue weighted by Gasteiger charge is 2.26. The number of rotatable bonds is 2. The first kappa shape index (κ1) is 11.5. The zero-order valence-corrected chi connectivity index (χ0v) is 11.2. The third kappa shape index (κ3) is 1.65. The van der Waals surface area contributed by atoms with Gasteiger partial charge < -0.3 is 4.90 Å². The van der Waals surface area contributed by atoms with Crippen LogP contribution < -0.4 is 4.90 Å². The van der Waals surface area contributed by atoms with Gasteiger partial charge in [0.15, 0.2) is 0 Å². The number of pyridine rings is 2. The van der Waals surface area contributed by atoms with E-state index in [0.717, 1.165) is 12.4 Å². The molecular formula is C15H19N3. The van der Waals surface area contributed by atoms with Crippen molar-refractivity contribution in [2.75, 3.05) is 11.4 Å². The van der Waals surface area contributed by atoms with E-state index in [-0.39, 0.29) is 0 Å². The van der Waals surface area contributed by atoms with Crippen LogP contribution in [0.5, 0.6) is 0 Å². The van der Waals surface area contributed by atoms with Gasteiger partial charge >= 0.3 is 0 Å². The van der Waals surface area contributed by atoms with Crippen LogP contribution in [0.25, 0.3) is 10.8 Å². The van der Waals surface area contributed by atoms with Gasteiger partial charge in [-0.25, -0.2) is 4.98 Å². The van der Waals surface area contributed by atoms with Crippen molar-refractivity contribution in [3.63, 3.8) is 0 Å². The SMILES string of the molecule is CC(C)c1cnc(N2CC[C@@H]2C)c2cnccc12. The predicted octanol–water partition coefficient (Wildman–Crippen LogP) is 3.35. The number of hydrogen-bond donors (Lipinski definition) is 0. The molecule has 0 unspecified atom stereocenters. The summed E-state index contributed by atoms with van der Waals surface area (Å²) in [6, 6.07) is 2.71. The van der Waals surface area contributed by atoms with Gasteiger partial charge in [0.1, 0.15) is 5.82 Å². The number of aromatic nitrogens is 2. The first-order valence-electron chi connectivity index (χ1n) is 6.67. The van der Waals surface area contributed by atoms with Crippen LogP contribution in [0.3, 0.4) is 0 Å². The molecule has 94 valence electrons. The quantitative estimate of drug-likeness (QED) is 0.807. The van der Waals surface area contributed by atoms with Gasteiger partial charge in [-0.1, -0.05) is 13.8 Å². The molecule has 18 heavy (non-hydrogen) atoms. The highest BCUT2D eigenvalue weighted by Crippen LogP contribution is 2.33. The summed E-state index contributed by atoms with van der Waals surface area (Å²) in [5, 5.41) is 2.49. The monoisotopic (exact) mass is 241 g/mol. The summed E-state index contributed by atoms with van der Waals surface area (Å²) >= 11 is 0. The molecule has 1 aliphatic heterocycles. The number of nitrogens with zero attached hydrogens (tertiary/aromatic N) is 3. The maximum atomic E-state index is 4.69. The Morgan fingerprint density at radius 3 is 2.72 bits per heavy atom. The summed E-state index contributed by atoms with van der Waals surface area (Å²) in [5.41, 5.74) is 1.31. The molecular weight excluding hydrogens is 222 g/mol. The van der Waals surface area contributed by atoms with E-state index in [1.54, 1.807) is 0 Å². The Kier molecular flexibility index (Phi) is 2.69. The van der Waals surface area contributed by atoms with Crippen molar-refractivity contribution in [2.24, 2.45) is 0 Å². The predicted molar refractivity (Wildman–Crippen MR) is 75.1 cm³/mol. The molecule has 0 bridgehead atoms. The zero-order valence-electron chi connectivity index (χ0n) is 11.2. The lowest BCUT2D eigenvalue weighted by molar-refractivity contribution is 0.478. The molecule has 0 N–H and O–H groups in total. The normalized spacial score (nSPS) is 19.3. The van der Waals surface area contributed by atoms with Gasteiger partial charge in [0.25, 0.3) is 0 Å². The van der Waals surface area contributed by atoms with Gasteiger partial charge in [-0.2, -0.15) is 0 Å². The molecule has 3 heterocycles. The standard InChI is InChI=1S/C15H19N3/c1-10(2)13-9-17-15(18-7-5-11(18)3)14-8-16-6-4-12(13)14/h4,6,8-11H,5,7H2,1-3H3/t11-/m0/s1. The summed E-state index contributed by atoms with van der Waals surface area (Å²) in [4.78, 5) is 11.3. The molecule has 1 fully saturated rings. The fraction of sp³-hybridized carbons (Fsp3) is 0.467. The lowest BCUT2D eigenvalue weighted by Crippen LogP contribution is -2.46. The summed E-state index contributed by atoms with van der Waals surface area (Å²) in [6.45, 7) is 7.79. The maximum absolute atomic E-state index is 4.69. The zero-order chi connectivity index (χ0) is 12.7. The van der Waals surface area contributed by atoms with Crippen molar-refractivity contribution in [3.8, 4) is 0 Å². The first-order valence-corrected chi connectivity index (χ1v) is 6.67. The van der Waals surface area contributed by atoms with Crippen LogP contribution >= 0.6 is 0 Å². The van der Waals surface area contributed by atoms with Crippen LogP contribution in [0.2, 0.25) is 0 Å². The Labute approximate surface area is 108 Å². The highest BCUT2D eigenvalue weighted by atomic mass is 15.3. The van der Waals surface area contributed by atoms with Crippen LogP contribution in [0, 0.1) is 0 Å². The second-order valence-corrected chi connectivity index (χ2v) is 5.44. The van der Waals surface area contributed by atoms with Crippen LogP contribution in [0.4, 0.5) is 5.82 Å². The average Bonchev–Trinajstić information content (AvgIpc) is 2.37. The lowest BCUT2D eigenvalue weighted by Gasteiger charge is -2.40. The smallest absolute Gasteiger partial charge is 0.138 e. The van der Waals surface area contributed by atoms with Crippen molar-refractivity contribution >= 4 is 16.6 Å². The topological polar surface area (TPSA) is 29.0 Å². The Balaban J connectivity index is 2.20. The molecule has 0 spiro atoms. The van der Waals surface area contributed by atoms with Crippen LogP contribution in [0.1, 0.15) is 38.7 Å². The molecule has 1 saturated heterocycles. The fourth-order valence-electron chi connectivity index (χ4n) is 2.61. The van der Waals surface area contributed by atoms with Crippen molar-refractivity contribution in [1.82, 2.24) is 9.97 Å². The second kappa shape index (κ2) is 4.23. The van der Waals surface area contributed by atoms with E-state index in [1.807, 2.05) is 18.6 Å². The summed E-state index contributed by atoms with van der Waals surface area (Å²) in [6.07, 6.45) is 7.12. The molecule has 3 rings (SSSR count). The summed E-state index contributed by atoms with van der Waals surface area (Å²) in [5.74, 6) is 1.59. The van der Waals surface area contributed by atoms with Crippen molar-refractivity contribution in [2.45, 2.75) is 39.2 Å². The van der Waals surface area contributed by atoms with E-state index >= 15 is 0 Å². The highest BCUT2D eigenvalue weighted by molar-refractivity contribution is 5.94. The fourth-order valence-corrected chi connectivity index (χ4v) is 2.61. The second-order valence-electron chi connectivity index (χ2n) is 5.44. The molecule has 0 saturated carbocycles. The van der Waals surface area contributed by atoms with Gasteiger partial charge in [0, 0.05) is 36.6 Å². The minimum atomic E-state index is 0.491. The molecule has 3 heteroatoms. The van der Waals surface area contributed by atoms with Crippen molar-refractivity contribution < 1.29 is 0 Å². The Morgan fingerprint density at radius 2 is 2.11 bits per heavy atom. The molecule has 1 atom stereocenters.